The Morgan fingerprint density at radius 3 is 2.67 bits per heavy atom. The number of hydrogen-bond acceptors (Lipinski definition) is 4. The molecule has 2 aliphatic rings. The van der Waals surface area contributed by atoms with E-state index in [0.29, 0.717) is 37.8 Å². The van der Waals surface area contributed by atoms with Gasteiger partial charge in [-0.2, -0.15) is 0 Å². The molecule has 1 fully saturated rings. The Bertz CT molecular complexity index is 883. The van der Waals surface area contributed by atoms with Gasteiger partial charge in [0.1, 0.15) is 19.8 Å². The molecule has 7 heteroatoms. The molecule has 2 aromatic carbocycles. The van der Waals surface area contributed by atoms with Crippen molar-refractivity contribution in [3.63, 3.8) is 0 Å². The van der Waals surface area contributed by atoms with Gasteiger partial charge in [-0.25, -0.2) is 4.79 Å². The largest absolute Gasteiger partial charge is 0.486 e. The summed E-state index contributed by atoms with van der Waals surface area (Å²) in [6, 6.07) is 12.8. The standard InChI is InChI=1S/C20H21N3O4/c1-14-4-2-3-5-16(14)21-19(24)13-22-8-9-23(20(22)25)15-6-7-17-18(12-15)27-11-10-26-17/h2-7,12H,8-11,13H2,1H3,(H,21,24). The number of carbonyl (C=O) groups is 2. The minimum atomic E-state index is -0.207. The number of nitrogens with one attached hydrogen (secondary N) is 1. The number of aryl methyl sites for hydroxylation is 1. The van der Waals surface area contributed by atoms with Crippen LogP contribution in [-0.4, -0.2) is 49.7 Å². The van der Waals surface area contributed by atoms with E-state index in [4.69, 9.17) is 9.47 Å². The van der Waals surface area contributed by atoms with E-state index < -0.39 is 0 Å². The van der Waals surface area contributed by atoms with Crippen molar-refractivity contribution < 1.29 is 19.1 Å². The molecule has 0 aliphatic carbocycles. The van der Waals surface area contributed by atoms with Crippen LogP contribution in [0.2, 0.25) is 0 Å². The highest BCUT2D eigenvalue weighted by molar-refractivity contribution is 5.99. The summed E-state index contributed by atoms with van der Waals surface area (Å²) in [6.45, 7) is 3.99. The van der Waals surface area contributed by atoms with E-state index in [9.17, 15) is 9.59 Å². The Kier molecular flexibility index (Phi) is 4.58. The van der Waals surface area contributed by atoms with Gasteiger partial charge in [0, 0.05) is 30.5 Å². The fourth-order valence-corrected chi connectivity index (χ4v) is 3.25. The zero-order chi connectivity index (χ0) is 18.8. The van der Waals surface area contributed by atoms with Gasteiger partial charge in [0.25, 0.3) is 0 Å². The van der Waals surface area contributed by atoms with E-state index in [0.717, 1.165) is 16.9 Å². The highest BCUT2D eigenvalue weighted by Gasteiger charge is 2.31. The first kappa shape index (κ1) is 17.2. The molecule has 4 rings (SSSR count). The second kappa shape index (κ2) is 7.19. The Balaban J connectivity index is 1.41. The molecular formula is C20H21N3O4. The van der Waals surface area contributed by atoms with Gasteiger partial charge in [-0.05, 0) is 30.7 Å². The van der Waals surface area contributed by atoms with Crippen molar-refractivity contribution in [2.45, 2.75) is 6.92 Å². The van der Waals surface area contributed by atoms with E-state index in [-0.39, 0.29) is 18.5 Å². The van der Waals surface area contributed by atoms with Gasteiger partial charge in [0.05, 0.1) is 0 Å². The molecule has 0 bridgehead atoms. The lowest BCUT2D eigenvalue weighted by Crippen LogP contribution is -2.37. The molecule has 0 aromatic heterocycles. The molecule has 0 unspecified atom stereocenters. The molecule has 1 saturated heterocycles. The predicted octanol–water partition coefficient (Wildman–Crippen LogP) is 2.65. The summed E-state index contributed by atoms with van der Waals surface area (Å²) in [6.07, 6.45) is 0. The summed E-state index contributed by atoms with van der Waals surface area (Å²) >= 11 is 0. The fourth-order valence-electron chi connectivity index (χ4n) is 3.25. The van der Waals surface area contributed by atoms with E-state index in [2.05, 4.69) is 5.32 Å². The molecule has 0 radical (unpaired) electrons. The molecule has 2 aliphatic heterocycles. The van der Waals surface area contributed by atoms with Crippen LogP contribution in [0.1, 0.15) is 5.56 Å². The number of benzene rings is 2. The lowest BCUT2D eigenvalue weighted by molar-refractivity contribution is -0.116. The average Bonchev–Trinajstić information content (AvgIpc) is 3.03. The number of rotatable bonds is 4. The van der Waals surface area contributed by atoms with Crippen molar-refractivity contribution in [2.75, 3.05) is 43.1 Å². The van der Waals surface area contributed by atoms with Crippen molar-refractivity contribution in [2.24, 2.45) is 0 Å². The number of nitrogens with zero attached hydrogens (tertiary/aromatic N) is 2. The zero-order valence-corrected chi connectivity index (χ0v) is 15.1. The van der Waals surface area contributed by atoms with Gasteiger partial charge >= 0.3 is 6.03 Å². The monoisotopic (exact) mass is 367 g/mol. The molecule has 0 spiro atoms. The Morgan fingerprint density at radius 1 is 1.07 bits per heavy atom. The van der Waals surface area contributed by atoms with Crippen molar-refractivity contribution in [3.8, 4) is 11.5 Å². The maximum atomic E-state index is 12.7. The second-order valence-electron chi connectivity index (χ2n) is 6.55. The second-order valence-corrected chi connectivity index (χ2v) is 6.55. The molecule has 27 heavy (non-hydrogen) atoms. The van der Waals surface area contributed by atoms with Gasteiger partial charge in [-0.15, -0.1) is 0 Å². The number of ether oxygens (including phenoxy) is 2. The number of anilines is 2. The zero-order valence-electron chi connectivity index (χ0n) is 15.1. The third-order valence-corrected chi connectivity index (χ3v) is 4.69. The van der Waals surface area contributed by atoms with E-state index in [1.807, 2.05) is 49.4 Å². The van der Waals surface area contributed by atoms with Crippen LogP contribution in [0.25, 0.3) is 0 Å². The van der Waals surface area contributed by atoms with Gasteiger partial charge in [-0.1, -0.05) is 18.2 Å². The van der Waals surface area contributed by atoms with Crippen molar-refractivity contribution >= 4 is 23.3 Å². The van der Waals surface area contributed by atoms with Crippen LogP contribution in [0.4, 0.5) is 16.2 Å². The average molecular weight is 367 g/mol. The molecule has 0 atom stereocenters. The number of urea groups is 1. The molecule has 1 N–H and O–H groups in total. The smallest absolute Gasteiger partial charge is 0.325 e. The van der Waals surface area contributed by atoms with Crippen LogP contribution in [0, 0.1) is 6.92 Å². The summed E-state index contributed by atoms with van der Waals surface area (Å²) in [7, 11) is 0. The number of amides is 3. The molecule has 2 aromatic rings. The lowest BCUT2D eigenvalue weighted by atomic mass is 10.2. The highest BCUT2D eigenvalue weighted by Crippen LogP contribution is 2.35. The summed E-state index contributed by atoms with van der Waals surface area (Å²) in [5.74, 6) is 1.12. The maximum Gasteiger partial charge on any atom is 0.325 e. The Hall–Kier alpha value is -3.22. The van der Waals surface area contributed by atoms with Gasteiger partial charge in [-0.3, -0.25) is 9.69 Å². The normalized spacial score (nSPS) is 15.8. The maximum absolute atomic E-state index is 12.7. The van der Waals surface area contributed by atoms with Crippen LogP contribution in [0.5, 0.6) is 11.5 Å². The fraction of sp³-hybridized carbons (Fsp3) is 0.300. The molecule has 140 valence electrons. The molecule has 3 amide bonds. The van der Waals surface area contributed by atoms with Crippen LogP contribution in [0.3, 0.4) is 0 Å². The first-order valence-electron chi connectivity index (χ1n) is 8.93. The molecular weight excluding hydrogens is 346 g/mol. The van der Waals surface area contributed by atoms with E-state index in [1.165, 1.54) is 0 Å². The van der Waals surface area contributed by atoms with Crippen LogP contribution in [0.15, 0.2) is 42.5 Å². The molecule has 7 nitrogen and oxygen atoms in total. The van der Waals surface area contributed by atoms with E-state index >= 15 is 0 Å². The van der Waals surface area contributed by atoms with Gasteiger partial charge in [0.15, 0.2) is 11.5 Å². The molecule has 0 saturated carbocycles. The SMILES string of the molecule is Cc1ccccc1NC(=O)CN1CCN(c2ccc3c(c2)OCCO3)C1=O. The topological polar surface area (TPSA) is 71.1 Å². The first-order valence-corrected chi connectivity index (χ1v) is 8.93. The quantitative estimate of drug-likeness (QED) is 0.902. The molecule has 2 heterocycles. The summed E-state index contributed by atoms with van der Waals surface area (Å²) in [5, 5.41) is 2.87. The third-order valence-electron chi connectivity index (χ3n) is 4.69. The first-order chi connectivity index (χ1) is 13.1. The summed E-state index contributed by atoms with van der Waals surface area (Å²) < 4.78 is 11.1. The minimum absolute atomic E-state index is 0.0220. The number of carbonyl (C=O) groups excluding carboxylic acids is 2. The van der Waals surface area contributed by atoms with Crippen molar-refractivity contribution in [1.82, 2.24) is 4.90 Å². The Morgan fingerprint density at radius 2 is 1.85 bits per heavy atom. The number of fused-ring (bicyclic) bond motifs is 1. The third kappa shape index (κ3) is 3.53. The minimum Gasteiger partial charge on any atom is -0.486 e. The highest BCUT2D eigenvalue weighted by atomic mass is 16.6. The van der Waals surface area contributed by atoms with Gasteiger partial charge in [0.2, 0.25) is 5.91 Å². The van der Waals surface area contributed by atoms with Crippen molar-refractivity contribution in [1.29, 1.82) is 0 Å². The van der Waals surface area contributed by atoms with Crippen molar-refractivity contribution in [3.05, 3.63) is 48.0 Å². The van der Waals surface area contributed by atoms with Crippen LogP contribution in [-0.2, 0) is 4.79 Å². The number of hydrogen-bond donors (Lipinski definition) is 1. The van der Waals surface area contributed by atoms with Crippen LogP contribution < -0.4 is 19.7 Å². The predicted molar refractivity (Wildman–Crippen MR) is 102 cm³/mol. The van der Waals surface area contributed by atoms with Gasteiger partial charge < -0.3 is 19.7 Å². The lowest BCUT2D eigenvalue weighted by Gasteiger charge is -2.22. The van der Waals surface area contributed by atoms with Crippen LogP contribution >= 0.6 is 0 Å². The number of para-hydroxylation sites is 1. The summed E-state index contributed by atoms with van der Waals surface area (Å²) in [4.78, 5) is 28.3. The van der Waals surface area contributed by atoms with E-state index in [1.54, 1.807) is 9.80 Å². The summed E-state index contributed by atoms with van der Waals surface area (Å²) in [5.41, 5.74) is 2.49. The Labute approximate surface area is 157 Å².